The highest BCUT2D eigenvalue weighted by Gasteiger charge is 2.85. The molecular formula is C41H69N7O5. The van der Waals surface area contributed by atoms with Gasteiger partial charge in [0, 0.05) is 49.7 Å². The maximum Gasteiger partial charge on any atom is 0.315 e. The first-order chi connectivity index (χ1) is 24.9. The van der Waals surface area contributed by atoms with Gasteiger partial charge in [0.05, 0.1) is 6.04 Å². The largest absolute Gasteiger partial charge is 0.363 e. The lowest BCUT2D eigenvalue weighted by Crippen LogP contribution is -2.62. The summed E-state index contributed by atoms with van der Waals surface area (Å²) in [5.74, 6) is -1.92. The van der Waals surface area contributed by atoms with Gasteiger partial charge in [-0.05, 0) is 80.5 Å². The van der Waals surface area contributed by atoms with Crippen molar-refractivity contribution in [2.75, 3.05) is 26.2 Å². The van der Waals surface area contributed by atoms with E-state index in [1.54, 1.807) is 4.90 Å². The molecule has 7 atom stereocenters. The van der Waals surface area contributed by atoms with Gasteiger partial charge < -0.3 is 31.9 Å². The molecule has 53 heavy (non-hydrogen) atoms. The monoisotopic (exact) mass is 740 g/mol. The lowest BCUT2D eigenvalue weighted by atomic mass is 9.73. The Balaban J connectivity index is 1.22. The third-order valence-electron chi connectivity index (χ3n) is 15.1. The summed E-state index contributed by atoms with van der Waals surface area (Å²) in [6.07, 6.45) is 12.8. The standard InChI is InChI=1S/C41H69N7O5/c1-25-21-47(22-26(2)43-25)23-30(28-15-9-8-10-16-28)45-37(53)46-33(38(3,4)5)36(52)48-24-41(39(6,7)40(41)17-12-18-40)20-31(48)35(51)44-29(32(49)34(42)50)19-27-13-11-14-27/h25-31,33,43H,8-24H2,1-7H3,(H2,42,50)(H,44,51)(H2,45,46,53)/t25-,26-,29?,30+,31-,33+,41?/m0/s1. The number of amides is 5. The lowest BCUT2D eigenvalue weighted by Gasteiger charge is -2.41. The van der Waals surface area contributed by atoms with Crippen LogP contribution in [0.25, 0.3) is 0 Å². The van der Waals surface area contributed by atoms with Gasteiger partial charge in [-0.25, -0.2) is 4.79 Å². The van der Waals surface area contributed by atoms with E-state index in [-0.39, 0.29) is 40.1 Å². The molecule has 298 valence electrons. The lowest BCUT2D eigenvalue weighted by molar-refractivity contribution is -0.143. The van der Waals surface area contributed by atoms with E-state index in [1.807, 2.05) is 20.8 Å². The van der Waals surface area contributed by atoms with Gasteiger partial charge in [0.15, 0.2) is 0 Å². The van der Waals surface area contributed by atoms with Gasteiger partial charge in [-0.3, -0.25) is 24.1 Å². The van der Waals surface area contributed by atoms with E-state index >= 15 is 0 Å². The Morgan fingerprint density at radius 2 is 1.49 bits per heavy atom. The Morgan fingerprint density at radius 1 is 0.849 bits per heavy atom. The van der Waals surface area contributed by atoms with E-state index in [0.29, 0.717) is 37.4 Å². The number of piperazine rings is 1. The number of fused-ring (bicyclic) bond motifs is 1. The number of Topliss-reactive ketones (excluding diaryl/α,β-unsaturated/α-hetero) is 1. The molecule has 6 rings (SSSR count). The molecule has 6 aliphatic rings. The van der Waals surface area contributed by atoms with Crippen molar-refractivity contribution in [3.8, 4) is 0 Å². The zero-order valence-corrected chi connectivity index (χ0v) is 33.7. The summed E-state index contributed by atoms with van der Waals surface area (Å²) in [4.78, 5) is 72.6. The molecule has 0 aromatic carbocycles. The van der Waals surface area contributed by atoms with Gasteiger partial charge in [-0.1, -0.05) is 79.6 Å². The molecule has 0 bridgehead atoms. The summed E-state index contributed by atoms with van der Waals surface area (Å²) in [7, 11) is 0. The molecule has 2 aliphatic heterocycles. The second-order valence-corrected chi connectivity index (χ2v) is 19.8. The molecule has 6 fully saturated rings. The van der Waals surface area contributed by atoms with Crippen molar-refractivity contribution in [3.63, 3.8) is 0 Å². The summed E-state index contributed by atoms with van der Waals surface area (Å²) in [6, 6.07) is -2.38. The maximum atomic E-state index is 15.0. The number of urea groups is 1. The number of primary amides is 1. The number of likely N-dealkylation sites (tertiary alicyclic amines) is 1. The van der Waals surface area contributed by atoms with E-state index < -0.39 is 41.1 Å². The quantitative estimate of drug-likeness (QED) is 0.190. The number of hydrogen-bond donors (Lipinski definition) is 5. The SMILES string of the molecule is C[C@H]1CN(C[C@@H](NC(=O)N[C@H](C(=O)N2CC3(C[C@H]2C(=O)NC(CC2CCC2)C(=O)C(N)=O)C(C)(C)C32CCC2)C(C)(C)C)C2CCCCC2)C[C@H](C)N1. The molecule has 6 N–H and O–H groups in total. The van der Waals surface area contributed by atoms with Gasteiger partial charge in [0.2, 0.25) is 17.6 Å². The normalized spacial score (nSPS) is 31.5. The number of hydrogen-bond acceptors (Lipinski definition) is 7. The van der Waals surface area contributed by atoms with Crippen molar-refractivity contribution >= 4 is 29.5 Å². The Morgan fingerprint density at radius 3 is 2.00 bits per heavy atom. The molecule has 2 unspecified atom stereocenters. The average Bonchev–Trinajstić information content (AvgIpc) is 3.25. The Bertz CT molecular complexity index is 1400. The first kappa shape index (κ1) is 39.9. The van der Waals surface area contributed by atoms with Crippen LogP contribution >= 0.6 is 0 Å². The molecule has 2 spiro atoms. The fourth-order valence-electron chi connectivity index (χ4n) is 11.7. The second-order valence-electron chi connectivity index (χ2n) is 19.8. The van der Waals surface area contributed by atoms with Crippen molar-refractivity contribution in [2.45, 2.75) is 168 Å². The molecule has 12 nitrogen and oxygen atoms in total. The summed E-state index contributed by atoms with van der Waals surface area (Å²) in [5.41, 5.74) is 4.56. The smallest absolute Gasteiger partial charge is 0.315 e. The van der Waals surface area contributed by atoms with Crippen molar-refractivity contribution in [2.24, 2.45) is 39.2 Å². The molecule has 4 saturated carbocycles. The van der Waals surface area contributed by atoms with Gasteiger partial charge in [-0.2, -0.15) is 0 Å². The van der Waals surface area contributed by atoms with Crippen LogP contribution in [0.15, 0.2) is 0 Å². The molecular weight excluding hydrogens is 670 g/mol. The number of nitrogens with zero attached hydrogens (tertiary/aromatic N) is 2. The van der Waals surface area contributed by atoms with Crippen LogP contribution in [0, 0.1) is 33.5 Å². The first-order valence-electron chi connectivity index (χ1n) is 20.9. The van der Waals surface area contributed by atoms with Crippen LogP contribution in [0.1, 0.15) is 132 Å². The van der Waals surface area contributed by atoms with Gasteiger partial charge in [-0.15, -0.1) is 0 Å². The molecule has 2 saturated heterocycles. The van der Waals surface area contributed by atoms with Crippen molar-refractivity contribution in [1.29, 1.82) is 0 Å². The second kappa shape index (κ2) is 15.1. The maximum absolute atomic E-state index is 15.0. The van der Waals surface area contributed by atoms with E-state index in [2.05, 4.69) is 53.9 Å². The molecule has 4 aliphatic carbocycles. The number of rotatable bonds is 12. The summed E-state index contributed by atoms with van der Waals surface area (Å²) in [5, 5.41) is 13.0. The summed E-state index contributed by atoms with van der Waals surface area (Å²) in [6.45, 7) is 17.8. The number of carbonyl (C=O) groups excluding carboxylic acids is 5. The first-order valence-corrected chi connectivity index (χ1v) is 20.9. The zero-order valence-electron chi connectivity index (χ0n) is 33.7. The highest BCUT2D eigenvalue weighted by molar-refractivity contribution is 6.37. The average molecular weight is 740 g/mol. The topological polar surface area (TPSA) is 166 Å². The van der Waals surface area contributed by atoms with Crippen LogP contribution in [0.5, 0.6) is 0 Å². The number of ketones is 1. The van der Waals surface area contributed by atoms with Crippen molar-refractivity contribution in [1.82, 2.24) is 31.1 Å². The molecule has 12 heteroatoms. The van der Waals surface area contributed by atoms with Crippen LogP contribution in [0.3, 0.4) is 0 Å². The third kappa shape index (κ3) is 7.61. The summed E-state index contributed by atoms with van der Waals surface area (Å²) < 4.78 is 0. The van der Waals surface area contributed by atoms with Crippen LogP contribution in [-0.4, -0.2) is 102 Å². The molecule has 5 amide bonds. The highest BCUT2D eigenvalue weighted by Crippen LogP contribution is 2.88. The molecule has 0 radical (unpaired) electrons. The van der Waals surface area contributed by atoms with Crippen molar-refractivity contribution < 1.29 is 24.0 Å². The number of nitrogens with two attached hydrogens (primary N) is 1. The highest BCUT2D eigenvalue weighted by atomic mass is 16.2. The minimum absolute atomic E-state index is 0.0433. The zero-order chi connectivity index (χ0) is 38.5. The van der Waals surface area contributed by atoms with Crippen LogP contribution in [0.2, 0.25) is 0 Å². The predicted molar refractivity (Wildman–Crippen MR) is 204 cm³/mol. The molecule has 0 aromatic heterocycles. The summed E-state index contributed by atoms with van der Waals surface area (Å²) >= 11 is 0. The Kier molecular flexibility index (Phi) is 11.4. The predicted octanol–water partition coefficient (Wildman–Crippen LogP) is 3.86. The fourth-order valence-corrected chi connectivity index (χ4v) is 11.7. The molecule has 2 heterocycles. The minimum Gasteiger partial charge on any atom is -0.363 e. The number of carbonyl (C=O) groups is 5. The van der Waals surface area contributed by atoms with E-state index in [1.165, 1.54) is 6.42 Å². The fraction of sp³-hybridized carbons (Fsp3) is 0.878. The van der Waals surface area contributed by atoms with Gasteiger partial charge >= 0.3 is 6.03 Å². The molecule has 0 aromatic rings. The third-order valence-corrected chi connectivity index (χ3v) is 15.1. The minimum atomic E-state index is -1.06. The Labute approximate surface area is 317 Å². The Hall–Kier alpha value is -2.73. The van der Waals surface area contributed by atoms with E-state index in [0.717, 1.165) is 83.8 Å². The number of nitrogens with one attached hydrogen (secondary N) is 4. The van der Waals surface area contributed by atoms with Crippen molar-refractivity contribution in [3.05, 3.63) is 0 Å². The van der Waals surface area contributed by atoms with E-state index in [4.69, 9.17) is 5.73 Å². The van der Waals surface area contributed by atoms with Crippen LogP contribution < -0.4 is 27.0 Å². The van der Waals surface area contributed by atoms with Gasteiger partial charge in [0.1, 0.15) is 12.1 Å². The van der Waals surface area contributed by atoms with Crippen LogP contribution in [-0.2, 0) is 19.2 Å². The van der Waals surface area contributed by atoms with Gasteiger partial charge in [0.25, 0.3) is 5.91 Å². The van der Waals surface area contributed by atoms with Crippen LogP contribution in [0.4, 0.5) is 4.79 Å². The van der Waals surface area contributed by atoms with E-state index in [9.17, 15) is 24.0 Å².